The Balaban J connectivity index is 0.00000208. The quantitative estimate of drug-likeness (QED) is 0.876. The van der Waals surface area contributed by atoms with Gasteiger partial charge in [-0.1, -0.05) is 12.1 Å². The van der Waals surface area contributed by atoms with Crippen molar-refractivity contribution >= 4 is 29.9 Å². The van der Waals surface area contributed by atoms with Crippen molar-refractivity contribution < 1.29 is 9.59 Å². The average Bonchev–Trinajstić information content (AvgIpc) is 3.08. The molecule has 2 amide bonds. The van der Waals surface area contributed by atoms with E-state index in [1.54, 1.807) is 6.07 Å². The highest BCUT2D eigenvalue weighted by Crippen LogP contribution is 2.20. The molecule has 3 rings (SSSR count). The molecule has 2 aliphatic rings. The minimum absolute atomic E-state index is 0. The first-order chi connectivity index (χ1) is 11.2. The van der Waals surface area contributed by atoms with Gasteiger partial charge in [0.05, 0.1) is 11.3 Å². The molecular formula is C18H26ClN3O2. The molecule has 2 N–H and O–H groups in total. The van der Waals surface area contributed by atoms with E-state index in [9.17, 15) is 9.59 Å². The number of piperidine rings is 1. The Hall–Kier alpha value is -1.59. The number of nitrogens with one attached hydrogen (secondary N) is 2. The second-order valence-corrected chi connectivity index (χ2v) is 6.44. The molecular weight excluding hydrogens is 326 g/mol. The van der Waals surface area contributed by atoms with Gasteiger partial charge < -0.3 is 15.5 Å². The lowest BCUT2D eigenvalue weighted by atomic mass is 10.1. The summed E-state index contributed by atoms with van der Waals surface area (Å²) in [6, 6.07) is 7.60. The molecule has 0 saturated carbocycles. The van der Waals surface area contributed by atoms with Crippen LogP contribution in [0, 0.1) is 0 Å². The van der Waals surface area contributed by atoms with Gasteiger partial charge in [-0.05, 0) is 50.8 Å². The Morgan fingerprint density at radius 1 is 1.12 bits per heavy atom. The average molecular weight is 352 g/mol. The summed E-state index contributed by atoms with van der Waals surface area (Å²) in [6.07, 6.45) is 5.95. The van der Waals surface area contributed by atoms with Crippen LogP contribution in [0.1, 0.15) is 48.9 Å². The second kappa shape index (κ2) is 9.04. The number of hydrogen-bond donors (Lipinski definition) is 2. The van der Waals surface area contributed by atoms with Gasteiger partial charge in [-0.3, -0.25) is 9.59 Å². The van der Waals surface area contributed by atoms with Crippen LogP contribution in [0.2, 0.25) is 0 Å². The molecule has 6 heteroatoms. The van der Waals surface area contributed by atoms with Crippen LogP contribution < -0.4 is 10.6 Å². The normalized spacial score (nSPS) is 20.3. The molecule has 1 aromatic carbocycles. The molecule has 0 aliphatic carbocycles. The molecule has 1 aromatic rings. The Morgan fingerprint density at radius 3 is 2.58 bits per heavy atom. The Kier molecular flexibility index (Phi) is 7.06. The van der Waals surface area contributed by atoms with Crippen LogP contribution in [-0.4, -0.2) is 42.4 Å². The number of likely N-dealkylation sites (tertiary alicyclic amines) is 1. The zero-order chi connectivity index (χ0) is 16.1. The Morgan fingerprint density at radius 2 is 1.88 bits per heavy atom. The van der Waals surface area contributed by atoms with E-state index in [2.05, 4.69) is 10.6 Å². The summed E-state index contributed by atoms with van der Waals surface area (Å²) in [6.45, 7) is 2.61. The summed E-state index contributed by atoms with van der Waals surface area (Å²) >= 11 is 0. The van der Waals surface area contributed by atoms with Gasteiger partial charge >= 0.3 is 0 Å². The van der Waals surface area contributed by atoms with Crippen LogP contribution in [0.25, 0.3) is 0 Å². The first-order valence-corrected chi connectivity index (χ1v) is 8.65. The molecule has 0 aromatic heterocycles. The first-order valence-electron chi connectivity index (χ1n) is 8.65. The van der Waals surface area contributed by atoms with Crippen LogP contribution in [0.3, 0.4) is 0 Å². The molecule has 2 heterocycles. The van der Waals surface area contributed by atoms with E-state index in [-0.39, 0.29) is 30.3 Å². The van der Waals surface area contributed by atoms with E-state index >= 15 is 0 Å². The predicted molar refractivity (Wildman–Crippen MR) is 97.7 cm³/mol. The minimum atomic E-state index is -0.0247. The fraction of sp³-hybridized carbons (Fsp3) is 0.556. The number of carbonyl (C=O) groups excluding carboxylic acids is 2. The number of anilines is 1. The molecule has 0 spiro atoms. The van der Waals surface area contributed by atoms with Crippen molar-refractivity contribution in [2.75, 3.05) is 25.0 Å². The molecule has 0 bridgehead atoms. The lowest BCUT2D eigenvalue weighted by Gasteiger charge is -2.27. The Labute approximate surface area is 149 Å². The van der Waals surface area contributed by atoms with Crippen molar-refractivity contribution in [2.45, 2.75) is 44.6 Å². The number of nitrogens with zero attached hydrogens (tertiary/aromatic N) is 1. The molecule has 132 valence electrons. The lowest BCUT2D eigenvalue weighted by molar-refractivity contribution is -0.116. The summed E-state index contributed by atoms with van der Waals surface area (Å²) in [5.74, 6) is 0.00267. The third-order valence-corrected chi connectivity index (χ3v) is 4.67. The number of benzene rings is 1. The maximum absolute atomic E-state index is 12.7. The van der Waals surface area contributed by atoms with Crippen LogP contribution >= 0.6 is 12.4 Å². The van der Waals surface area contributed by atoms with Gasteiger partial charge in [0.25, 0.3) is 5.91 Å². The largest absolute Gasteiger partial charge is 0.339 e. The van der Waals surface area contributed by atoms with Gasteiger partial charge in [-0.25, -0.2) is 0 Å². The third-order valence-electron chi connectivity index (χ3n) is 4.67. The second-order valence-electron chi connectivity index (χ2n) is 6.44. The summed E-state index contributed by atoms with van der Waals surface area (Å²) in [4.78, 5) is 26.8. The molecule has 2 saturated heterocycles. The fourth-order valence-corrected chi connectivity index (χ4v) is 3.40. The standard InChI is InChI=1S/C18H25N3O2.ClH/c22-17(13-14-7-6-10-19-14)20-16-9-3-2-8-15(16)18(23)21-11-4-1-5-12-21;/h2-3,8-9,14,19H,1,4-7,10-13H2,(H,20,22);1H. The summed E-state index contributed by atoms with van der Waals surface area (Å²) in [7, 11) is 0. The van der Waals surface area contributed by atoms with E-state index in [4.69, 9.17) is 0 Å². The number of hydrogen-bond acceptors (Lipinski definition) is 3. The van der Waals surface area contributed by atoms with Gasteiger partial charge in [-0.15, -0.1) is 12.4 Å². The van der Waals surface area contributed by atoms with Gasteiger partial charge in [0, 0.05) is 25.6 Å². The van der Waals surface area contributed by atoms with E-state index in [1.165, 1.54) is 6.42 Å². The van der Waals surface area contributed by atoms with Crippen molar-refractivity contribution in [3.05, 3.63) is 29.8 Å². The van der Waals surface area contributed by atoms with Crippen molar-refractivity contribution in [3.63, 3.8) is 0 Å². The smallest absolute Gasteiger partial charge is 0.255 e. The zero-order valence-electron chi connectivity index (χ0n) is 13.9. The number of amides is 2. The van der Waals surface area contributed by atoms with Crippen LogP contribution in [-0.2, 0) is 4.79 Å². The predicted octanol–water partition coefficient (Wildman–Crippen LogP) is 2.82. The molecule has 24 heavy (non-hydrogen) atoms. The highest BCUT2D eigenvalue weighted by Gasteiger charge is 2.22. The maximum Gasteiger partial charge on any atom is 0.255 e. The van der Waals surface area contributed by atoms with Crippen molar-refractivity contribution in [3.8, 4) is 0 Å². The van der Waals surface area contributed by atoms with Crippen LogP contribution in [0.15, 0.2) is 24.3 Å². The minimum Gasteiger partial charge on any atom is -0.339 e. The highest BCUT2D eigenvalue weighted by molar-refractivity contribution is 6.03. The van der Waals surface area contributed by atoms with Gasteiger partial charge in [-0.2, -0.15) is 0 Å². The van der Waals surface area contributed by atoms with E-state index < -0.39 is 0 Å². The molecule has 1 unspecified atom stereocenters. The highest BCUT2D eigenvalue weighted by atomic mass is 35.5. The van der Waals surface area contributed by atoms with Crippen molar-refractivity contribution in [2.24, 2.45) is 0 Å². The summed E-state index contributed by atoms with van der Waals surface area (Å²) in [5, 5.41) is 6.26. The molecule has 2 fully saturated rings. The number of halogens is 1. The van der Waals surface area contributed by atoms with Crippen LogP contribution in [0.5, 0.6) is 0 Å². The number of carbonyl (C=O) groups is 2. The molecule has 2 aliphatic heterocycles. The van der Waals surface area contributed by atoms with Gasteiger partial charge in [0.2, 0.25) is 5.91 Å². The molecule has 1 atom stereocenters. The SMILES string of the molecule is Cl.O=C(CC1CCCN1)Nc1ccccc1C(=O)N1CCCCC1. The number of rotatable bonds is 4. The van der Waals surface area contributed by atoms with Gasteiger partial charge in [0.15, 0.2) is 0 Å². The molecule has 0 radical (unpaired) electrons. The fourth-order valence-electron chi connectivity index (χ4n) is 3.40. The van der Waals surface area contributed by atoms with E-state index in [0.29, 0.717) is 17.7 Å². The topological polar surface area (TPSA) is 61.4 Å². The maximum atomic E-state index is 12.7. The number of para-hydroxylation sites is 1. The first kappa shape index (κ1) is 18.7. The molecule has 5 nitrogen and oxygen atoms in total. The zero-order valence-corrected chi connectivity index (χ0v) is 14.7. The lowest BCUT2D eigenvalue weighted by Crippen LogP contribution is -2.36. The van der Waals surface area contributed by atoms with Crippen LogP contribution in [0.4, 0.5) is 5.69 Å². The summed E-state index contributed by atoms with van der Waals surface area (Å²) in [5.41, 5.74) is 1.23. The summed E-state index contributed by atoms with van der Waals surface area (Å²) < 4.78 is 0. The van der Waals surface area contributed by atoms with Crippen molar-refractivity contribution in [1.29, 1.82) is 0 Å². The van der Waals surface area contributed by atoms with E-state index in [0.717, 1.165) is 45.3 Å². The van der Waals surface area contributed by atoms with Gasteiger partial charge in [0.1, 0.15) is 0 Å². The monoisotopic (exact) mass is 351 g/mol. The van der Waals surface area contributed by atoms with E-state index in [1.807, 2.05) is 23.1 Å². The van der Waals surface area contributed by atoms with Crippen molar-refractivity contribution in [1.82, 2.24) is 10.2 Å². The third kappa shape index (κ3) is 4.71. The Bertz CT molecular complexity index is 567.